The number of hydrogen-bond acceptors (Lipinski definition) is 1. The summed E-state index contributed by atoms with van der Waals surface area (Å²) in [6, 6.07) is 2.15. The Labute approximate surface area is 71.2 Å². The van der Waals surface area contributed by atoms with Crippen LogP contribution in [0.15, 0.2) is 15.9 Å². The molecule has 10 heavy (non-hydrogen) atoms. The Bertz CT molecular complexity index is 360. The summed E-state index contributed by atoms with van der Waals surface area (Å²) in [6.07, 6.45) is 0. The fourth-order valence-corrected chi connectivity index (χ4v) is 2.60. The molecule has 52 valence electrons. The third-order valence-corrected chi connectivity index (χ3v) is 3.32. The highest BCUT2D eigenvalue weighted by molar-refractivity contribution is 9.10. The molecule has 2 aromatic heterocycles. The maximum absolute atomic E-state index is 3.47. The van der Waals surface area contributed by atoms with Crippen molar-refractivity contribution in [3.05, 3.63) is 21.6 Å². The Hall–Kier alpha value is -0.280. The van der Waals surface area contributed by atoms with Crippen LogP contribution in [-0.2, 0) is 0 Å². The summed E-state index contributed by atoms with van der Waals surface area (Å²) in [6.45, 7) is 2.07. The summed E-state index contributed by atoms with van der Waals surface area (Å²) in [7, 11) is 0. The van der Waals surface area contributed by atoms with Gasteiger partial charge in [-0.3, -0.25) is 0 Å². The van der Waals surface area contributed by atoms with E-state index < -0.39 is 0 Å². The summed E-state index contributed by atoms with van der Waals surface area (Å²) in [5.41, 5.74) is 1.22. The first-order valence-corrected chi connectivity index (χ1v) is 4.67. The number of halogens is 1. The Kier molecular flexibility index (Phi) is 1.35. The van der Waals surface area contributed by atoms with E-state index in [2.05, 4.69) is 39.3 Å². The zero-order valence-corrected chi connectivity index (χ0v) is 7.84. The molecule has 0 atom stereocenters. The predicted octanol–water partition coefficient (Wildman–Crippen LogP) is 3.30. The molecule has 1 nitrogen and oxygen atoms in total. The maximum atomic E-state index is 3.47. The number of aromatic amines is 1. The van der Waals surface area contributed by atoms with Crippen LogP contribution in [0, 0.1) is 6.92 Å². The SMILES string of the molecule is Cc1cc2c(Br)csc2[nH]1. The molecule has 0 unspecified atom stereocenters. The van der Waals surface area contributed by atoms with Crippen molar-refractivity contribution >= 4 is 37.5 Å². The molecular formula is C7H6BrNS. The van der Waals surface area contributed by atoms with Gasteiger partial charge in [0.25, 0.3) is 0 Å². The topological polar surface area (TPSA) is 15.8 Å². The van der Waals surface area contributed by atoms with Crippen molar-refractivity contribution in [3.8, 4) is 0 Å². The van der Waals surface area contributed by atoms with E-state index in [0.29, 0.717) is 0 Å². The van der Waals surface area contributed by atoms with E-state index in [1.54, 1.807) is 11.3 Å². The summed E-state index contributed by atoms with van der Waals surface area (Å²) in [5, 5.41) is 3.39. The van der Waals surface area contributed by atoms with E-state index in [1.807, 2.05) is 0 Å². The number of nitrogens with one attached hydrogen (secondary N) is 1. The van der Waals surface area contributed by atoms with Crippen LogP contribution < -0.4 is 0 Å². The van der Waals surface area contributed by atoms with Gasteiger partial charge in [0.2, 0.25) is 0 Å². The first kappa shape index (κ1) is 6.43. The zero-order valence-electron chi connectivity index (χ0n) is 5.44. The fraction of sp³-hybridized carbons (Fsp3) is 0.143. The second-order valence-electron chi connectivity index (χ2n) is 2.28. The molecule has 2 rings (SSSR count). The summed E-state index contributed by atoms with van der Waals surface area (Å²) in [4.78, 5) is 4.52. The van der Waals surface area contributed by atoms with Crippen LogP contribution in [0.5, 0.6) is 0 Å². The van der Waals surface area contributed by atoms with Crippen LogP contribution in [0.4, 0.5) is 0 Å². The van der Waals surface area contributed by atoms with Gasteiger partial charge >= 0.3 is 0 Å². The summed E-state index contributed by atoms with van der Waals surface area (Å²) in [5.74, 6) is 0. The average molecular weight is 216 g/mol. The van der Waals surface area contributed by atoms with E-state index in [9.17, 15) is 0 Å². The van der Waals surface area contributed by atoms with Crippen molar-refractivity contribution in [2.45, 2.75) is 6.92 Å². The van der Waals surface area contributed by atoms with Crippen LogP contribution in [0.3, 0.4) is 0 Å². The number of aromatic nitrogens is 1. The standard InChI is InChI=1S/C7H6BrNS/c1-4-2-5-6(8)3-10-7(5)9-4/h2-3,9H,1H3. The third-order valence-electron chi connectivity index (χ3n) is 1.45. The molecule has 0 saturated carbocycles. The van der Waals surface area contributed by atoms with E-state index in [4.69, 9.17) is 0 Å². The highest BCUT2D eigenvalue weighted by atomic mass is 79.9. The highest BCUT2D eigenvalue weighted by Gasteiger charge is 2.02. The lowest BCUT2D eigenvalue weighted by atomic mass is 10.4. The Morgan fingerprint density at radius 1 is 1.60 bits per heavy atom. The molecule has 0 aromatic carbocycles. The Morgan fingerprint density at radius 3 is 3.10 bits per heavy atom. The molecule has 0 aliphatic rings. The third kappa shape index (κ3) is 0.812. The first-order valence-electron chi connectivity index (χ1n) is 2.99. The number of H-pyrrole nitrogens is 1. The lowest BCUT2D eigenvalue weighted by Crippen LogP contribution is -1.61. The van der Waals surface area contributed by atoms with Gasteiger partial charge in [0.05, 0.1) is 0 Å². The van der Waals surface area contributed by atoms with Gasteiger partial charge in [0.1, 0.15) is 4.83 Å². The summed E-state index contributed by atoms with van der Waals surface area (Å²) >= 11 is 5.20. The van der Waals surface area contributed by atoms with Gasteiger partial charge in [-0.05, 0) is 28.9 Å². The van der Waals surface area contributed by atoms with Crippen LogP contribution in [-0.4, -0.2) is 4.98 Å². The quantitative estimate of drug-likeness (QED) is 0.695. The lowest BCUT2D eigenvalue weighted by molar-refractivity contribution is 1.31. The average Bonchev–Trinajstić information content (AvgIpc) is 2.35. The van der Waals surface area contributed by atoms with Gasteiger partial charge in [-0.1, -0.05) is 0 Å². The normalized spacial score (nSPS) is 11.0. The molecule has 0 aliphatic carbocycles. The number of thiophene rings is 1. The van der Waals surface area contributed by atoms with Crippen LogP contribution in [0.2, 0.25) is 0 Å². The maximum Gasteiger partial charge on any atom is 0.101 e. The van der Waals surface area contributed by atoms with E-state index in [0.717, 1.165) is 0 Å². The Balaban J connectivity index is 2.90. The number of aryl methyl sites for hydroxylation is 1. The van der Waals surface area contributed by atoms with Gasteiger partial charge in [-0.25, -0.2) is 0 Å². The molecule has 2 heterocycles. The minimum absolute atomic E-state index is 1.19. The molecular weight excluding hydrogens is 210 g/mol. The van der Waals surface area contributed by atoms with Gasteiger partial charge < -0.3 is 4.98 Å². The molecule has 2 aromatic rings. The van der Waals surface area contributed by atoms with Crippen molar-refractivity contribution in [2.75, 3.05) is 0 Å². The molecule has 0 radical (unpaired) electrons. The predicted molar refractivity (Wildman–Crippen MR) is 48.6 cm³/mol. The highest BCUT2D eigenvalue weighted by Crippen LogP contribution is 2.29. The van der Waals surface area contributed by atoms with Crippen LogP contribution in [0.25, 0.3) is 10.2 Å². The number of rotatable bonds is 0. The Morgan fingerprint density at radius 2 is 2.40 bits per heavy atom. The van der Waals surface area contributed by atoms with Gasteiger partial charge in [0, 0.05) is 20.9 Å². The fourth-order valence-electron chi connectivity index (χ4n) is 1.01. The van der Waals surface area contributed by atoms with E-state index in [1.165, 1.54) is 20.4 Å². The van der Waals surface area contributed by atoms with Crippen LogP contribution in [0.1, 0.15) is 5.69 Å². The molecule has 0 saturated heterocycles. The van der Waals surface area contributed by atoms with E-state index >= 15 is 0 Å². The molecule has 3 heteroatoms. The minimum atomic E-state index is 1.19. The van der Waals surface area contributed by atoms with Crippen molar-refractivity contribution in [3.63, 3.8) is 0 Å². The van der Waals surface area contributed by atoms with Gasteiger partial charge in [-0.15, -0.1) is 11.3 Å². The zero-order chi connectivity index (χ0) is 7.14. The molecule has 1 N–H and O–H groups in total. The van der Waals surface area contributed by atoms with Gasteiger partial charge in [0.15, 0.2) is 0 Å². The molecule has 0 amide bonds. The molecule has 0 aliphatic heterocycles. The molecule has 0 fully saturated rings. The van der Waals surface area contributed by atoms with Crippen LogP contribution >= 0.6 is 27.3 Å². The van der Waals surface area contributed by atoms with Gasteiger partial charge in [-0.2, -0.15) is 0 Å². The number of hydrogen-bond donors (Lipinski definition) is 1. The van der Waals surface area contributed by atoms with Crippen molar-refractivity contribution in [1.29, 1.82) is 0 Å². The van der Waals surface area contributed by atoms with Crippen molar-refractivity contribution in [1.82, 2.24) is 4.98 Å². The first-order chi connectivity index (χ1) is 4.77. The minimum Gasteiger partial charge on any atom is -0.350 e. The second kappa shape index (κ2) is 2.10. The molecule has 0 spiro atoms. The summed E-state index contributed by atoms with van der Waals surface area (Å²) < 4.78 is 1.19. The smallest absolute Gasteiger partial charge is 0.101 e. The second-order valence-corrected chi connectivity index (χ2v) is 4.01. The van der Waals surface area contributed by atoms with Crippen molar-refractivity contribution in [2.24, 2.45) is 0 Å². The monoisotopic (exact) mass is 215 g/mol. The number of fused-ring (bicyclic) bond motifs is 1. The van der Waals surface area contributed by atoms with E-state index in [-0.39, 0.29) is 0 Å². The molecule has 0 bridgehead atoms. The largest absolute Gasteiger partial charge is 0.350 e. The van der Waals surface area contributed by atoms with Crippen molar-refractivity contribution < 1.29 is 0 Å². The lowest BCUT2D eigenvalue weighted by Gasteiger charge is -1.75.